The van der Waals surface area contributed by atoms with Crippen LogP contribution in [0, 0.1) is 5.92 Å². The average molecular weight is 381 g/mol. The fraction of sp³-hybridized carbons (Fsp3) is 0.739. The maximum atomic E-state index is 11.5. The first-order valence-corrected chi connectivity index (χ1v) is 10.8. The molecule has 1 unspecified atom stereocenters. The molecule has 156 valence electrons. The van der Waals surface area contributed by atoms with E-state index in [4.69, 9.17) is 4.74 Å². The van der Waals surface area contributed by atoms with Gasteiger partial charge < -0.3 is 9.84 Å². The molecule has 0 saturated carbocycles. The van der Waals surface area contributed by atoms with Crippen LogP contribution < -0.4 is 0 Å². The highest BCUT2D eigenvalue weighted by Gasteiger charge is 2.21. The van der Waals surface area contributed by atoms with Crippen LogP contribution in [-0.4, -0.2) is 23.7 Å². The lowest BCUT2D eigenvalue weighted by molar-refractivity contribution is -0.151. The van der Waals surface area contributed by atoms with Crippen molar-refractivity contribution in [2.75, 3.05) is 6.61 Å². The summed E-state index contributed by atoms with van der Waals surface area (Å²) in [4.78, 5) is 22.8. The van der Waals surface area contributed by atoms with Gasteiger partial charge in [-0.15, -0.1) is 0 Å². The summed E-state index contributed by atoms with van der Waals surface area (Å²) >= 11 is 0. The lowest BCUT2D eigenvalue weighted by Crippen LogP contribution is -2.19. The number of rotatable bonds is 19. The van der Waals surface area contributed by atoms with Gasteiger partial charge in [-0.1, -0.05) is 83.1 Å². The van der Waals surface area contributed by atoms with Crippen molar-refractivity contribution in [3.8, 4) is 0 Å². The Hall–Kier alpha value is -1.58. The molecule has 0 bridgehead atoms. The number of aliphatic carboxylic acids is 1. The predicted octanol–water partition coefficient (Wildman–Crippen LogP) is 6.45. The predicted molar refractivity (Wildman–Crippen MR) is 112 cm³/mol. The van der Waals surface area contributed by atoms with Gasteiger partial charge >= 0.3 is 11.9 Å². The molecule has 0 radical (unpaired) electrons. The van der Waals surface area contributed by atoms with Crippen molar-refractivity contribution in [2.45, 2.75) is 96.8 Å². The van der Waals surface area contributed by atoms with Crippen LogP contribution >= 0.6 is 0 Å². The molecule has 0 saturated heterocycles. The van der Waals surface area contributed by atoms with Crippen molar-refractivity contribution < 1.29 is 19.4 Å². The maximum absolute atomic E-state index is 11.5. The number of carbonyl (C=O) groups excluding carboxylic acids is 1. The van der Waals surface area contributed by atoms with Crippen LogP contribution in [0.15, 0.2) is 24.8 Å². The van der Waals surface area contributed by atoms with Crippen molar-refractivity contribution in [1.82, 2.24) is 0 Å². The van der Waals surface area contributed by atoms with Gasteiger partial charge in [-0.25, -0.2) is 0 Å². The molecule has 0 aliphatic rings. The van der Waals surface area contributed by atoms with E-state index in [0.717, 1.165) is 32.1 Å². The second-order valence-electron chi connectivity index (χ2n) is 7.23. The highest BCUT2D eigenvalue weighted by atomic mass is 16.5. The number of carbonyl (C=O) groups is 2. The van der Waals surface area contributed by atoms with E-state index in [2.05, 4.69) is 25.7 Å². The van der Waals surface area contributed by atoms with E-state index in [0.29, 0.717) is 6.42 Å². The molecular formula is C23H40O4. The Morgan fingerprint density at radius 3 is 2.04 bits per heavy atom. The van der Waals surface area contributed by atoms with Gasteiger partial charge in [0.2, 0.25) is 0 Å². The Labute approximate surface area is 166 Å². The summed E-state index contributed by atoms with van der Waals surface area (Å²) in [5.41, 5.74) is 0. The summed E-state index contributed by atoms with van der Waals surface area (Å²) < 4.78 is 4.87. The first-order valence-electron chi connectivity index (χ1n) is 10.8. The highest BCUT2D eigenvalue weighted by Crippen LogP contribution is 2.16. The second-order valence-corrected chi connectivity index (χ2v) is 7.23. The minimum Gasteiger partial charge on any atom is -0.481 e. The lowest BCUT2D eigenvalue weighted by Gasteiger charge is -2.11. The molecular weight excluding hydrogens is 340 g/mol. The van der Waals surface area contributed by atoms with E-state index in [1.54, 1.807) is 0 Å². The Morgan fingerprint density at radius 1 is 0.926 bits per heavy atom. The van der Waals surface area contributed by atoms with Crippen molar-refractivity contribution in [2.24, 2.45) is 5.92 Å². The first kappa shape index (κ1) is 25.4. The van der Waals surface area contributed by atoms with Gasteiger partial charge in [-0.3, -0.25) is 9.59 Å². The molecule has 0 aliphatic heterocycles. The molecule has 0 heterocycles. The van der Waals surface area contributed by atoms with Crippen molar-refractivity contribution >= 4 is 11.9 Å². The zero-order valence-corrected chi connectivity index (χ0v) is 17.3. The van der Waals surface area contributed by atoms with E-state index in [1.165, 1.54) is 51.0 Å². The lowest BCUT2D eigenvalue weighted by atomic mass is 9.97. The topological polar surface area (TPSA) is 63.6 Å². The number of hydrogen-bond donors (Lipinski definition) is 1. The molecule has 0 fully saturated rings. The van der Waals surface area contributed by atoms with Gasteiger partial charge in [0.1, 0.15) is 6.61 Å². The third-order valence-corrected chi connectivity index (χ3v) is 4.69. The number of ether oxygens (including phenoxy) is 1. The summed E-state index contributed by atoms with van der Waals surface area (Å²) in [5, 5.41) is 9.21. The Morgan fingerprint density at radius 2 is 1.48 bits per heavy atom. The molecule has 1 atom stereocenters. The van der Waals surface area contributed by atoms with Crippen LogP contribution in [0.3, 0.4) is 0 Å². The van der Waals surface area contributed by atoms with Crippen LogP contribution in [0.5, 0.6) is 0 Å². The van der Waals surface area contributed by atoms with Crippen LogP contribution in [0.2, 0.25) is 0 Å². The summed E-state index contributed by atoms with van der Waals surface area (Å²) in [5.74, 6) is -2.01. The molecule has 0 aliphatic carbocycles. The highest BCUT2D eigenvalue weighted by molar-refractivity contribution is 5.78. The monoisotopic (exact) mass is 380 g/mol. The fourth-order valence-electron chi connectivity index (χ4n) is 3.01. The maximum Gasteiger partial charge on any atom is 0.307 e. The largest absolute Gasteiger partial charge is 0.481 e. The van der Waals surface area contributed by atoms with E-state index >= 15 is 0 Å². The molecule has 4 nitrogen and oxygen atoms in total. The zero-order chi connectivity index (χ0) is 20.2. The third kappa shape index (κ3) is 17.6. The zero-order valence-electron chi connectivity index (χ0n) is 17.3. The molecule has 0 aromatic carbocycles. The molecule has 0 rings (SSSR count). The Kier molecular flexibility index (Phi) is 18.1. The first-order chi connectivity index (χ1) is 13.1. The summed E-state index contributed by atoms with van der Waals surface area (Å²) in [6.07, 6.45) is 21.0. The van der Waals surface area contributed by atoms with Gasteiger partial charge in [0.25, 0.3) is 0 Å². The summed E-state index contributed by atoms with van der Waals surface area (Å²) in [6, 6.07) is 0. The number of esters is 1. The van der Waals surface area contributed by atoms with Crippen LogP contribution in [0.1, 0.15) is 96.8 Å². The van der Waals surface area contributed by atoms with Crippen LogP contribution in [0.25, 0.3) is 0 Å². The van der Waals surface area contributed by atoms with Crippen molar-refractivity contribution in [1.29, 1.82) is 0 Å². The normalized spacial score (nSPS) is 12.2. The molecule has 27 heavy (non-hydrogen) atoms. The number of unbranched alkanes of at least 4 members (excludes halogenated alkanes) is 10. The van der Waals surface area contributed by atoms with Gasteiger partial charge in [-0.2, -0.15) is 0 Å². The number of hydrogen-bond acceptors (Lipinski definition) is 3. The van der Waals surface area contributed by atoms with Gasteiger partial charge in [0.05, 0.1) is 12.3 Å². The summed E-state index contributed by atoms with van der Waals surface area (Å²) in [7, 11) is 0. The quantitative estimate of drug-likeness (QED) is 0.159. The van der Waals surface area contributed by atoms with Crippen molar-refractivity contribution in [3.63, 3.8) is 0 Å². The molecule has 0 aromatic heterocycles. The molecule has 1 N–H and O–H groups in total. The smallest absolute Gasteiger partial charge is 0.307 e. The molecule has 0 spiro atoms. The number of allylic oxidation sites excluding steroid dienone is 2. The minimum absolute atomic E-state index is 0.0512. The average Bonchev–Trinajstić information content (AvgIpc) is 2.65. The summed E-state index contributed by atoms with van der Waals surface area (Å²) in [6.45, 7) is 5.85. The van der Waals surface area contributed by atoms with E-state index < -0.39 is 17.9 Å². The molecule has 4 heteroatoms. The Balaban J connectivity index is 3.59. The molecule has 0 amide bonds. The number of carboxylic acids is 1. The number of carboxylic acid groups (broad SMARTS) is 1. The minimum atomic E-state index is -0.914. The van der Waals surface area contributed by atoms with E-state index in [9.17, 15) is 14.7 Å². The second kappa shape index (κ2) is 19.2. The molecule has 0 aromatic rings. The van der Waals surface area contributed by atoms with E-state index in [1.807, 2.05) is 0 Å². The van der Waals surface area contributed by atoms with Crippen molar-refractivity contribution in [3.05, 3.63) is 24.8 Å². The van der Waals surface area contributed by atoms with Crippen LogP contribution in [0.4, 0.5) is 0 Å². The standard InChI is InChI=1S/C23H40O4/c1-3-5-6-7-8-9-10-11-12-13-14-15-16-17-18-21(23(25)26)20-22(24)27-19-4-2/h4,11-12,21H,2-3,5-10,13-20H2,1H3,(H,25,26)/b12-11+. The SMILES string of the molecule is C=CCOC(=O)CC(CCCCCC/C=C/CCCCCCCC)C(=O)O. The fourth-order valence-corrected chi connectivity index (χ4v) is 3.01. The Bertz CT molecular complexity index is 415. The van der Waals surface area contributed by atoms with Crippen LogP contribution in [-0.2, 0) is 14.3 Å². The van der Waals surface area contributed by atoms with Gasteiger partial charge in [-0.05, 0) is 32.1 Å². The van der Waals surface area contributed by atoms with Gasteiger partial charge in [0, 0.05) is 0 Å². The van der Waals surface area contributed by atoms with Gasteiger partial charge in [0.15, 0.2) is 0 Å². The van der Waals surface area contributed by atoms with E-state index in [-0.39, 0.29) is 13.0 Å². The third-order valence-electron chi connectivity index (χ3n) is 4.69.